The van der Waals surface area contributed by atoms with Gasteiger partial charge in [0.25, 0.3) is 0 Å². The Balaban J connectivity index is 0. The number of rotatable bonds is 8. The van der Waals surface area contributed by atoms with E-state index in [2.05, 4.69) is 13.8 Å². The molecule has 0 aliphatic heterocycles. The zero-order valence-corrected chi connectivity index (χ0v) is 17.2. The number of carbonyl (C=O) groups is 2. The molecule has 24 heavy (non-hydrogen) atoms. The Bertz CT molecular complexity index is 346. The Morgan fingerprint density at radius 2 is 1.25 bits per heavy atom. The van der Waals surface area contributed by atoms with Crippen molar-refractivity contribution in [3.63, 3.8) is 0 Å². The van der Waals surface area contributed by atoms with Gasteiger partial charge in [-0.2, -0.15) is 0 Å². The molecule has 0 bridgehead atoms. The summed E-state index contributed by atoms with van der Waals surface area (Å²) in [5.74, 6) is -0.0208. The molecular weight excluding hydrogens is 304 g/mol. The molecule has 0 radical (unpaired) electrons. The zero-order valence-electron chi connectivity index (χ0n) is 17.2. The lowest BCUT2D eigenvalue weighted by atomic mass is 9.97. The highest BCUT2D eigenvalue weighted by molar-refractivity contribution is 5.75. The van der Waals surface area contributed by atoms with Gasteiger partial charge in [-0.05, 0) is 53.9 Å². The summed E-state index contributed by atoms with van der Waals surface area (Å²) in [7, 11) is 0. The monoisotopic (exact) mass is 344 g/mol. The van der Waals surface area contributed by atoms with Crippen LogP contribution in [0.4, 0.5) is 0 Å². The van der Waals surface area contributed by atoms with Gasteiger partial charge in [0.05, 0.1) is 17.4 Å². The fourth-order valence-corrected chi connectivity index (χ4v) is 1.57. The molecule has 0 aliphatic rings. The van der Waals surface area contributed by atoms with Crippen LogP contribution in [-0.4, -0.2) is 23.7 Å². The average Bonchev–Trinajstić information content (AvgIpc) is 2.39. The first-order valence-electron chi connectivity index (χ1n) is 9.19. The van der Waals surface area contributed by atoms with E-state index in [1.807, 2.05) is 20.8 Å². The Labute approximate surface area is 149 Å². The van der Waals surface area contributed by atoms with Crippen molar-refractivity contribution in [3.05, 3.63) is 0 Å². The normalized spacial score (nSPS) is 11.7. The van der Waals surface area contributed by atoms with Gasteiger partial charge in [-0.3, -0.25) is 9.59 Å². The number of hydrogen-bond acceptors (Lipinski definition) is 3. The van der Waals surface area contributed by atoms with E-state index in [0.29, 0.717) is 6.61 Å². The lowest BCUT2D eigenvalue weighted by Gasteiger charge is -2.16. The van der Waals surface area contributed by atoms with Crippen molar-refractivity contribution in [1.82, 2.24) is 0 Å². The summed E-state index contributed by atoms with van der Waals surface area (Å²) in [5, 5.41) is 8.25. The highest BCUT2D eigenvalue weighted by Gasteiger charge is 2.22. The third-order valence-electron chi connectivity index (χ3n) is 3.41. The maximum absolute atomic E-state index is 11.5. The summed E-state index contributed by atoms with van der Waals surface area (Å²) in [6.45, 7) is 15.8. The fourth-order valence-electron chi connectivity index (χ4n) is 1.57. The quantitative estimate of drug-likeness (QED) is 0.454. The highest BCUT2D eigenvalue weighted by Crippen LogP contribution is 2.16. The maximum atomic E-state index is 11.5. The van der Waals surface area contributed by atoms with E-state index in [9.17, 15) is 9.59 Å². The van der Waals surface area contributed by atoms with Crippen molar-refractivity contribution in [2.75, 3.05) is 6.61 Å². The van der Waals surface area contributed by atoms with Crippen molar-refractivity contribution in [1.29, 1.82) is 0 Å². The van der Waals surface area contributed by atoms with E-state index < -0.39 is 11.4 Å². The minimum Gasteiger partial charge on any atom is -0.481 e. The molecule has 0 aliphatic carbocycles. The summed E-state index contributed by atoms with van der Waals surface area (Å²) >= 11 is 0. The van der Waals surface area contributed by atoms with Crippen molar-refractivity contribution >= 4 is 11.9 Å². The van der Waals surface area contributed by atoms with Gasteiger partial charge in [0, 0.05) is 0 Å². The maximum Gasteiger partial charge on any atom is 0.311 e. The largest absolute Gasteiger partial charge is 0.481 e. The molecule has 0 aromatic heterocycles. The number of carboxylic acids is 1. The first kappa shape index (κ1) is 25.2. The Morgan fingerprint density at radius 3 is 1.62 bits per heavy atom. The van der Waals surface area contributed by atoms with Gasteiger partial charge in [-0.15, -0.1) is 0 Å². The van der Waals surface area contributed by atoms with Gasteiger partial charge in [0.1, 0.15) is 0 Å². The molecule has 0 amide bonds. The first-order valence-corrected chi connectivity index (χ1v) is 9.19. The van der Waals surface area contributed by atoms with E-state index in [4.69, 9.17) is 9.84 Å². The van der Waals surface area contributed by atoms with Crippen LogP contribution in [0.15, 0.2) is 0 Å². The highest BCUT2D eigenvalue weighted by atomic mass is 16.5. The number of carboxylic acid groups (broad SMARTS) is 1. The van der Waals surface area contributed by atoms with Gasteiger partial charge in [0.2, 0.25) is 0 Å². The van der Waals surface area contributed by atoms with E-state index in [1.54, 1.807) is 20.8 Å². The van der Waals surface area contributed by atoms with Crippen molar-refractivity contribution < 1.29 is 19.4 Å². The van der Waals surface area contributed by atoms with Crippen molar-refractivity contribution in [2.45, 2.75) is 93.9 Å². The van der Waals surface area contributed by atoms with Crippen LogP contribution < -0.4 is 0 Å². The number of hydrogen-bond donors (Lipinski definition) is 1. The van der Waals surface area contributed by atoms with E-state index >= 15 is 0 Å². The summed E-state index contributed by atoms with van der Waals surface area (Å²) in [6, 6.07) is 0. The van der Waals surface area contributed by atoms with Gasteiger partial charge < -0.3 is 9.84 Å². The molecule has 0 spiro atoms. The molecule has 0 fully saturated rings. The van der Waals surface area contributed by atoms with Crippen LogP contribution in [-0.2, 0) is 14.3 Å². The molecule has 0 unspecified atom stereocenters. The second-order valence-corrected chi connectivity index (χ2v) is 8.89. The third kappa shape index (κ3) is 17.3. The minimum absolute atomic E-state index is 0.0858. The molecule has 0 rings (SSSR count). The average molecular weight is 345 g/mol. The predicted molar refractivity (Wildman–Crippen MR) is 100 cm³/mol. The van der Waals surface area contributed by atoms with Crippen LogP contribution in [0.3, 0.4) is 0 Å². The zero-order chi connectivity index (χ0) is 19.4. The molecule has 0 heterocycles. The molecule has 4 nitrogen and oxygen atoms in total. The predicted octanol–water partition coefficient (Wildman–Crippen LogP) is 5.69. The summed E-state index contributed by atoms with van der Waals surface area (Å²) in [5.41, 5.74) is -0.947. The van der Waals surface area contributed by atoms with Gasteiger partial charge in [0.15, 0.2) is 0 Å². The van der Waals surface area contributed by atoms with Crippen LogP contribution >= 0.6 is 0 Å². The van der Waals surface area contributed by atoms with Gasteiger partial charge in [-0.25, -0.2) is 0 Å². The molecule has 144 valence electrons. The standard InChI is InChI=1S/C15H30O2.C5H10O2/c1-13(2)11-9-7-6-8-10-12-17-14(16)15(3,4)5;1-5(2,3)4(6)7/h13H,6-12H2,1-5H3;1-3H3,(H,6,7). The third-order valence-corrected chi connectivity index (χ3v) is 3.41. The molecule has 1 N–H and O–H groups in total. The van der Waals surface area contributed by atoms with Crippen LogP contribution in [0, 0.1) is 16.7 Å². The van der Waals surface area contributed by atoms with E-state index in [1.165, 1.54) is 32.1 Å². The second kappa shape index (κ2) is 12.3. The van der Waals surface area contributed by atoms with E-state index in [-0.39, 0.29) is 11.4 Å². The fraction of sp³-hybridized carbons (Fsp3) is 0.900. The number of carbonyl (C=O) groups excluding carboxylic acids is 1. The summed E-state index contributed by atoms with van der Waals surface area (Å²) < 4.78 is 5.21. The molecule has 4 heteroatoms. The van der Waals surface area contributed by atoms with Crippen LogP contribution in [0.5, 0.6) is 0 Å². The number of aliphatic carboxylic acids is 1. The molecule has 0 saturated carbocycles. The summed E-state index contributed by atoms with van der Waals surface area (Å²) in [4.78, 5) is 21.5. The lowest BCUT2D eigenvalue weighted by Crippen LogP contribution is -2.23. The van der Waals surface area contributed by atoms with Crippen LogP contribution in [0.2, 0.25) is 0 Å². The Kier molecular flexibility index (Phi) is 12.9. The van der Waals surface area contributed by atoms with Gasteiger partial charge in [-0.1, -0.05) is 46.0 Å². The number of esters is 1. The first-order chi connectivity index (χ1) is 10.8. The molecule has 0 aromatic carbocycles. The molecular formula is C20H40O4. The number of ether oxygens (including phenoxy) is 1. The Hall–Kier alpha value is -1.06. The van der Waals surface area contributed by atoms with Crippen molar-refractivity contribution in [3.8, 4) is 0 Å². The minimum atomic E-state index is -0.757. The van der Waals surface area contributed by atoms with Crippen LogP contribution in [0.25, 0.3) is 0 Å². The van der Waals surface area contributed by atoms with Gasteiger partial charge >= 0.3 is 11.9 Å². The molecule has 0 atom stereocenters. The van der Waals surface area contributed by atoms with Crippen molar-refractivity contribution in [2.24, 2.45) is 16.7 Å². The lowest BCUT2D eigenvalue weighted by molar-refractivity contribution is -0.153. The molecule has 0 aromatic rings. The summed E-state index contributed by atoms with van der Waals surface area (Å²) in [6.07, 6.45) is 7.42. The number of unbranched alkanes of at least 4 members (excludes halogenated alkanes) is 4. The Morgan fingerprint density at radius 1 is 0.833 bits per heavy atom. The van der Waals surface area contributed by atoms with E-state index in [0.717, 1.165) is 12.3 Å². The van der Waals surface area contributed by atoms with Crippen LogP contribution in [0.1, 0.15) is 93.9 Å². The topological polar surface area (TPSA) is 63.6 Å². The molecule has 0 saturated heterocycles. The second-order valence-electron chi connectivity index (χ2n) is 8.89. The smallest absolute Gasteiger partial charge is 0.311 e. The SMILES string of the molecule is CC(C)(C)C(=O)O.CC(C)CCCCCCCOC(=O)C(C)(C)C.